The average molecular weight is 274 g/mol. The summed E-state index contributed by atoms with van der Waals surface area (Å²) in [6.45, 7) is 1.73. The number of halogens is 1. The van der Waals surface area contributed by atoms with Gasteiger partial charge in [-0.2, -0.15) is 0 Å². The Morgan fingerprint density at radius 2 is 2.18 bits per heavy atom. The molecule has 0 fully saturated rings. The second kappa shape index (κ2) is 6.03. The van der Waals surface area contributed by atoms with Gasteiger partial charge in [0.15, 0.2) is 0 Å². The fourth-order valence-corrected chi connectivity index (χ4v) is 2.79. The van der Waals surface area contributed by atoms with Crippen LogP contribution in [0.5, 0.6) is 0 Å². The van der Waals surface area contributed by atoms with Crippen molar-refractivity contribution in [2.75, 3.05) is 13.2 Å². The van der Waals surface area contributed by atoms with Crippen LogP contribution in [-0.2, 0) is 10.0 Å². The standard InChI is InChI=1S/C11H12ClNO3S/c1-2-13-17(15,16)11-6-5-9(4-3-7-14)8-10(11)12/h5-6,8,13-14H,2,7H2,1H3. The molecule has 1 rings (SSSR count). The molecule has 4 nitrogen and oxygen atoms in total. The van der Waals surface area contributed by atoms with Gasteiger partial charge in [0.2, 0.25) is 10.0 Å². The summed E-state index contributed by atoms with van der Waals surface area (Å²) in [6, 6.07) is 4.38. The van der Waals surface area contributed by atoms with Crippen molar-refractivity contribution in [1.29, 1.82) is 0 Å². The van der Waals surface area contributed by atoms with Crippen molar-refractivity contribution in [3.63, 3.8) is 0 Å². The maximum absolute atomic E-state index is 11.7. The Bertz CT molecular complexity index is 558. The van der Waals surface area contributed by atoms with E-state index in [1.54, 1.807) is 13.0 Å². The second-order valence-corrected chi connectivity index (χ2v) is 5.25. The van der Waals surface area contributed by atoms with Crippen LogP contribution in [0.1, 0.15) is 12.5 Å². The van der Waals surface area contributed by atoms with E-state index in [9.17, 15) is 8.42 Å². The summed E-state index contributed by atoms with van der Waals surface area (Å²) < 4.78 is 25.8. The minimum Gasteiger partial charge on any atom is -0.384 e. The molecular weight excluding hydrogens is 262 g/mol. The van der Waals surface area contributed by atoms with Crippen molar-refractivity contribution in [2.24, 2.45) is 0 Å². The molecule has 1 aromatic rings. The van der Waals surface area contributed by atoms with E-state index in [1.807, 2.05) is 0 Å². The van der Waals surface area contributed by atoms with Crippen LogP contribution >= 0.6 is 11.6 Å². The Morgan fingerprint density at radius 3 is 2.71 bits per heavy atom. The van der Waals surface area contributed by atoms with E-state index in [2.05, 4.69) is 16.6 Å². The molecule has 0 aliphatic carbocycles. The van der Waals surface area contributed by atoms with Gasteiger partial charge in [-0.1, -0.05) is 30.4 Å². The first-order valence-electron chi connectivity index (χ1n) is 4.90. The Balaban J connectivity index is 3.14. The lowest BCUT2D eigenvalue weighted by molar-refractivity contribution is 0.350. The van der Waals surface area contributed by atoms with Gasteiger partial charge in [-0.25, -0.2) is 13.1 Å². The molecule has 0 heterocycles. The van der Waals surface area contributed by atoms with Crippen LogP contribution in [0.15, 0.2) is 23.1 Å². The van der Waals surface area contributed by atoms with Crippen LogP contribution in [0.3, 0.4) is 0 Å². The molecule has 0 spiro atoms. The zero-order valence-corrected chi connectivity index (χ0v) is 10.8. The normalized spacial score (nSPS) is 10.8. The summed E-state index contributed by atoms with van der Waals surface area (Å²) in [5.74, 6) is 5.10. The van der Waals surface area contributed by atoms with Crippen LogP contribution < -0.4 is 4.72 Å². The smallest absolute Gasteiger partial charge is 0.242 e. The summed E-state index contributed by atoms with van der Waals surface area (Å²) >= 11 is 5.88. The van der Waals surface area contributed by atoms with Gasteiger partial charge in [-0.3, -0.25) is 0 Å². The second-order valence-electron chi connectivity index (χ2n) is 3.11. The molecule has 0 aliphatic rings. The van der Waals surface area contributed by atoms with Gasteiger partial charge in [0, 0.05) is 12.1 Å². The summed E-state index contributed by atoms with van der Waals surface area (Å²) in [5, 5.41) is 8.65. The molecule has 17 heavy (non-hydrogen) atoms. The Labute approximate surface area is 106 Å². The molecule has 0 unspecified atom stereocenters. The Morgan fingerprint density at radius 1 is 1.47 bits per heavy atom. The third-order valence-corrected chi connectivity index (χ3v) is 3.90. The molecule has 92 valence electrons. The van der Waals surface area contributed by atoms with Gasteiger partial charge in [-0.15, -0.1) is 0 Å². The highest BCUT2D eigenvalue weighted by molar-refractivity contribution is 7.89. The maximum atomic E-state index is 11.7. The molecule has 0 aromatic heterocycles. The SMILES string of the molecule is CCNS(=O)(=O)c1ccc(C#CCO)cc1Cl. The maximum Gasteiger partial charge on any atom is 0.242 e. The highest BCUT2D eigenvalue weighted by Crippen LogP contribution is 2.22. The minimum absolute atomic E-state index is 0.0237. The van der Waals surface area contributed by atoms with E-state index in [0.717, 1.165) is 0 Å². The molecule has 1 aromatic carbocycles. The first-order valence-corrected chi connectivity index (χ1v) is 6.76. The van der Waals surface area contributed by atoms with E-state index in [0.29, 0.717) is 12.1 Å². The zero-order valence-electron chi connectivity index (χ0n) is 9.20. The van der Waals surface area contributed by atoms with E-state index < -0.39 is 10.0 Å². The van der Waals surface area contributed by atoms with E-state index in [1.165, 1.54) is 12.1 Å². The molecule has 0 amide bonds. The molecule has 0 saturated carbocycles. The summed E-state index contributed by atoms with van der Waals surface area (Å²) in [7, 11) is -3.56. The summed E-state index contributed by atoms with van der Waals surface area (Å²) in [4.78, 5) is 0.0237. The van der Waals surface area contributed by atoms with Gasteiger partial charge in [0.25, 0.3) is 0 Å². The Hall–Kier alpha value is -1.06. The van der Waals surface area contributed by atoms with Gasteiger partial charge in [-0.05, 0) is 18.2 Å². The lowest BCUT2D eigenvalue weighted by Gasteiger charge is -2.06. The monoisotopic (exact) mass is 273 g/mol. The van der Waals surface area contributed by atoms with E-state index in [4.69, 9.17) is 16.7 Å². The van der Waals surface area contributed by atoms with Crippen molar-refractivity contribution < 1.29 is 13.5 Å². The van der Waals surface area contributed by atoms with Crippen molar-refractivity contribution in [1.82, 2.24) is 4.72 Å². The first-order chi connectivity index (χ1) is 8.01. The number of sulfonamides is 1. The number of benzene rings is 1. The highest BCUT2D eigenvalue weighted by atomic mass is 35.5. The topological polar surface area (TPSA) is 66.4 Å². The number of rotatable bonds is 3. The first kappa shape index (κ1) is 14.0. The Kier molecular flexibility index (Phi) is 4.97. The van der Waals surface area contributed by atoms with E-state index >= 15 is 0 Å². The highest BCUT2D eigenvalue weighted by Gasteiger charge is 2.16. The number of hydrogen-bond donors (Lipinski definition) is 2. The molecule has 0 aliphatic heterocycles. The van der Waals surface area contributed by atoms with Crippen LogP contribution in [0.2, 0.25) is 5.02 Å². The van der Waals surface area contributed by atoms with Gasteiger partial charge in [0.1, 0.15) is 11.5 Å². The summed E-state index contributed by atoms with van der Waals surface area (Å²) in [5.41, 5.74) is 0.555. The van der Waals surface area contributed by atoms with Gasteiger partial charge >= 0.3 is 0 Å². The van der Waals surface area contributed by atoms with Crippen LogP contribution in [0.4, 0.5) is 0 Å². The molecule has 2 N–H and O–H groups in total. The third kappa shape index (κ3) is 3.72. The molecule has 0 atom stereocenters. The van der Waals surface area contributed by atoms with Crippen LogP contribution in [0, 0.1) is 11.8 Å². The minimum atomic E-state index is -3.56. The molecule has 0 radical (unpaired) electrons. The fourth-order valence-electron chi connectivity index (χ4n) is 1.21. The predicted molar refractivity (Wildman–Crippen MR) is 66.3 cm³/mol. The lowest BCUT2D eigenvalue weighted by Crippen LogP contribution is -2.23. The molecule has 0 bridgehead atoms. The van der Waals surface area contributed by atoms with Crippen LogP contribution in [-0.4, -0.2) is 26.7 Å². The largest absolute Gasteiger partial charge is 0.384 e. The predicted octanol–water partition coefficient (Wildman–Crippen LogP) is 0.982. The van der Waals surface area contributed by atoms with E-state index in [-0.39, 0.29) is 16.5 Å². The van der Waals surface area contributed by atoms with Crippen molar-refractivity contribution in [2.45, 2.75) is 11.8 Å². The number of aliphatic hydroxyl groups excluding tert-OH is 1. The van der Waals surface area contributed by atoms with Crippen molar-refractivity contribution >= 4 is 21.6 Å². The number of nitrogens with one attached hydrogen (secondary N) is 1. The quantitative estimate of drug-likeness (QED) is 0.807. The van der Waals surface area contributed by atoms with Crippen molar-refractivity contribution in [3.8, 4) is 11.8 Å². The van der Waals surface area contributed by atoms with Gasteiger partial charge in [0.05, 0.1) is 5.02 Å². The molecular formula is C11H12ClNO3S. The lowest BCUT2D eigenvalue weighted by atomic mass is 10.2. The fraction of sp³-hybridized carbons (Fsp3) is 0.273. The molecule has 0 saturated heterocycles. The number of hydrogen-bond acceptors (Lipinski definition) is 3. The van der Waals surface area contributed by atoms with Crippen LogP contribution in [0.25, 0.3) is 0 Å². The van der Waals surface area contributed by atoms with Gasteiger partial charge < -0.3 is 5.11 Å². The zero-order chi connectivity index (χ0) is 12.9. The summed E-state index contributed by atoms with van der Waals surface area (Å²) in [6.07, 6.45) is 0. The average Bonchev–Trinajstić information content (AvgIpc) is 2.26. The molecule has 6 heteroatoms. The number of aliphatic hydroxyl groups is 1. The third-order valence-electron chi connectivity index (χ3n) is 1.87. The van der Waals surface area contributed by atoms with Crippen molar-refractivity contribution in [3.05, 3.63) is 28.8 Å².